The highest BCUT2D eigenvalue weighted by Crippen LogP contribution is 2.29. The van der Waals surface area contributed by atoms with Crippen molar-refractivity contribution in [1.82, 2.24) is 0 Å². The van der Waals surface area contributed by atoms with Gasteiger partial charge in [0.15, 0.2) is 0 Å². The van der Waals surface area contributed by atoms with E-state index < -0.39 is 11.8 Å². The van der Waals surface area contributed by atoms with E-state index in [0.29, 0.717) is 4.47 Å². The number of benzene rings is 2. The number of ether oxygens (including phenoxy) is 1. The van der Waals surface area contributed by atoms with E-state index in [9.17, 15) is 9.18 Å². The minimum atomic E-state index is -1.16. The fourth-order valence-corrected chi connectivity index (χ4v) is 1.90. The number of carboxylic acids is 1. The van der Waals surface area contributed by atoms with Gasteiger partial charge < -0.3 is 9.84 Å². The van der Waals surface area contributed by atoms with Crippen molar-refractivity contribution in [2.75, 3.05) is 0 Å². The van der Waals surface area contributed by atoms with Gasteiger partial charge in [0, 0.05) is 10.5 Å². The number of carbonyl (C=O) groups is 1. The predicted octanol–water partition coefficient (Wildman–Crippen LogP) is 3.95. The Hall–Kier alpha value is -2.39. The Balaban J connectivity index is 2.38. The van der Waals surface area contributed by atoms with Crippen molar-refractivity contribution in [3.63, 3.8) is 0 Å². The predicted molar refractivity (Wildman–Crippen MR) is 72.3 cm³/mol. The van der Waals surface area contributed by atoms with E-state index in [4.69, 9.17) is 15.1 Å². The molecule has 0 unspecified atom stereocenters. The maximum Gasteiger partial charge on any atom is 0.339 e. The zero-order chi connectivity index (χ0) is 14.7. The van der Waals surface area contributed by atoms with Crippen molar-refractivity contribution in [3.05, 3.63) is 57.8 Å². The second-order valence-corrected chi connectivity index (χ2v) is 4.72. The van der Waals surface area contributed by atoms with Crippen molar-refractivity contribution in [2.24, 2.45) is 0 Å². The van der Waals surface area contributed by atoms with Crippen LogP contribution in [0.1, 0.15) is 15.9 Å². The molecule has 0 amide bonds. The molecule has 0 radical (unpaired) electrons. The van der Waals surface area contributed by atoms with Crippen molar-refractivity contribution in [3.8, 4) is 17.6 Å². The largest absolute Gasteiger partial charge is 0.478 e. The Morgan fingerprint density at radius 1 is 1.30 bits per heavy atom. The van der Waals surface area contributed by atoms with Crippen molar-refractivity contribution in [2.45, 2.75) is 0 Å². The van der Waals surface area contributed by atoms with Gasteiger partial charge in [-0.1, -0.05) is 15.9 Å². The molecule has 20 heavy (non-hydrogen) atoms. The first-order valence-electron chi connectivity index (χ1n) is 5.41. The molecule has 0 aromatic heterocycles. The van der Waals surface area contributed by atoms with Gasteiger partial charge >= 0.3 is 5.97 Å². The van der Waals surface area contributed by atoms with E-state index in [2.05, 4.69) is 15.9 Å². The standard InChI is InChI=1S/C14H7BrFNO3/c15-9-2-4-13(11(5-9)14(18)19)20-10-3-1-8(7-17)12(16)6-10/h1-6H,(H,18,19). The fraction of sp³-hybridized carbons (Fsp3) is 0. The molecule has 0 aliphatic heterocycles. The lowest BCUT2D eigenvalue weighted by Gasteiger charge is -2.09. The Bertz CT molecular complexity index is 725. The maximum absolute atomic E-state index is 13.5. The molecule has 2 aromatic carbocycles. The summed E-state index contributed by atoms with van der Waals surface area (Å²) in [6.45, 7) is 0. The lowest BCUT2D eigenvalue weighted by molar-refractivity contribution is 0.0694. The molecule has 0 heterocycles. The zero-order valence-corrected chi connectivity index (χ0v) is 11.5. The third-order valence-electron chi connectivity index (χ3n) is 2.46. The van der Waals surface area contributed by atoms with Crippen LogP contribution in [0.15, 0.2) is 40.9 Å². The molecule has 0 aliphatic carbocycles. The number of hydrogen-bond acceptors (Lipinski definition) is 3. The maximum atomic E-state index is 13.5. The molecule has 4 nitrogen and oxygen atoms in total. The topological polar surface area (TPSA) is 70.3 Å². The van der Waals surface area contributed by atoms with E-state index in [1.165, 1.54) is 24.3 Å². The molecule has 0 spiro atoms. The Morgan fingerprint density at radius 2 is 2.05 bits per heavy atom. The number of hydrogen-bond donors (Lipinski definition) is 1. The Morgan fingerprint density at radius 3 is 2.65 bits per heavy atom. The van der Waals surface area contributed by atoms with E-state index in [1.807, 2.05) is 0 Å². The zero-order valence-electron chi connectivity index (χ0n) is 9.93. The molecule has 0 bridgehead atoms. The number of aromatic carboxylic acids is 1. The van der Waals surface area contributed by atoms with Gasteiger partial charge in [0.25, 0.3) is 0 Å². The first kappa shape index (κ1) is 14.0. The first-order valence-corrected chi connectivity index (χ1v) is 6.21. The van der Waals surface area contributed by atoms with Crippen LogP contribution in [0.4, 0.5) is 4.39 Å². The van der Waals surface area contributed by atoms with E-state index in [1.54, 1.807) is 12.1 Å². The summed E-state index contributed by atoms with van der Waals surface area (Å²) in [5.74, 6) is -1.68. The fourth-order valence-electron chi connectivity index (χ4n) is 1.54. The molecular weight excluding hydrogens is 329 g/mol. The summed E-state index contributed by atoms with van der Waals surface area (Å²) in [4.78, 5) is 11.1. The lowest BCUT2D eigenvalue weighted by Crippen LogP contribution is -2.00. The van der Waals surface area contributed by atoms with Crippen molar-refractivity contribution >= 4 is 21.9 Å². The van der Waals surface area contributed by atoms with Gasteiger partial charge in [-0.2, -0.15) is 5.26 Å². The summed E-state index contributed by atoms with van der Waals surface area (Å²) >= 11 is 3.17. The molecule has 6 heteroatoms. The van der Waals surface area contributed by atoms with Gasteiger partial charge in [0.05, 0.1) is 5.56 Å². The molecule has 2 aromatic rings. The van der Waals surface area contributed by atoms with Crippen LogP contribution >= 0.6 is 15.9 Å². The molecule has 1 N–H and O–H groups in total. The number of nitriles is 1. The van der Waals surface area contributed by atoms with E-state index >= 15 is 0 Å². The van der Waals surface area contributed by atoms with Crippen LogP contribution in [0.25, 0.3) is 0 Å². The monoisotopic (exact) mass is 335 g/mol. The van der Waals surface area contributed by atoms with Crippen LogP contribution in [0, 0.1) is 17.1 Å². The second-order valence-electron chi connectivity index (χ2n) is 3.80. The summed E-state index contributed by atoms with van der Waals surface area (Å²) < 4.78 is 19.4. The summed E-state index contributed by atoms with van der Waals surface area (Å²) in [6, 6.07) is 9.85. The van der Waals surface area contributed by atoms with Gasteiger partial charge in [-0.25, -0.2) is 9.18 Å². The number of rotatable bonds is 3. The molecule has 0 aliphatic rings. The molecular formula is C14H7BrFNO3. The van der Waals surface area contributed by atoms with Crippen LogP contribution in [-0.4, -0.2) is 11.1 Å². The first-order chi connectivity index (χ1) is 9.51. The van der Waals surface area contributed by atoms with Crippen LogP contribution in [0.5, 0.6) is 11.5 Å². The minimum Gasteiger partial charge on any atom is -0.478 e. The summed E-state index contributed by atoms with van der Waals surface area (Å²) in [7, 11) is 0. The van der Waals surface area contributed by atoms with Gasteiger partial charge in [0.2, 0.25) is 0 Å². The normalized spacial score (nSPS) is 9.85. The minimum absolute atomic E-state index is 0.0517. The van der Waals surface area contributed by atoms with E-state index in [0.717, 1.165) is 6.07 Å². The Kier molecular flexibility index (Phi) is 4.01. The summed E-state index contributed by atoms with van der Waals surface area (Å²) in [6.07, 6.45) is 0. The van der Waals surface area contributed by atoms with Crippen LogP contribution in [0.2, 0.25) is 0 Å². The average molecular weight is 336 g/mol. The van der Waals surface area contributed by atoms with Crippen LogP contribution in [-0.2, 0) is 0 Å². The molecule has 2 rings (SSSR count). The number of halogens is 2. The quantitative estimate of drug-likeness (QED) is 0.921. The van der Waals surface area contributed by atoms with Crippen molar-refractivity contribution in [1.29, 1.82) is 5.26 Å². The van der Waals surface area contributed by atoms with E-state index in [-0.39, 0.29) is 22.6 Å². The molecule has 0 saturated carbocycles. The van der Waals surface area contributed by atoms with Crippen molar-refractivity contribution < 1.29 is 19.0 Å². The van der Waals surface area contributed by atoms with Gasteiger partial charge in [-0.05, 0) is 30.3 Å². The lowest BCUT2D eigenvalue weighted by atomic mass is 10.2. The molecule has 0 fully saturated rings. The van der Waals surface area contributed by atoms with Crippen LogP contribution < -0.4 is 4.74 Å². The smallest absolute Gasteiger partial charge is 0.339 e. The van der Waals surface area contributed by atoms with Gasteiger partial charge in [-0.3, -0.25) is 0 Å². The average Bonchev–Trinajstić information content (AvgIpc) is 2.41. The third kappa shape index (κ3) is 2.95. The van der Waals surface area contributed by atoms with Gasteiger partial charge in [-0.15, -0.1) is 0 Å². The Labute approximate surface area is 122 Å². The highest BCUT2D eigenvalue weighted by atomic mass is 79.9. The second kappa shape index (κ2) is 5.72. The summed E-state index contributed by atoms with van der Waals surface area (Å²) in [5, 5.41) is 17.7. The van der Waals surface area contributed by atoms with Crippen LogP contribution in [0.3, 0.4) is 0 Å². The SMILES string of the molecule is N#Cc1ccc(Oc2ccc(Br)cc2C(=O)O)cc1F. The highest BCUT2D eigenvalue weighted by molar-refractivity contribution is 9.10. The molecule has 100 valence electrons. The molecule has 0 saturated heterocycles. The highest BCUT2D eigenvalue weighted by Gasteiger charge is 2.13. The van der Waals surface area contributed by atoms with Gasteiger partial charge in [0.1, 0.15) is 28.9 Å². The number of nitrogens with zero attached hydrogens (tertiary/aromatic N) is 1. The summed E-state index contributed by atoms with van der Waals surface area (Å²) in [5.41, 5.74) is -0.157. The molecule has 0 atom stereocenters. The number of carboxylic acid groups (broad SMARTS) is 1. The third-order valence-corrected chi connectivity index (χ3v) is 2.95.